The van der Waals surface area contributed by atoms with Crippen molar-refractivity contribution >= 4 is 11.6 Å². The van der Waals surface area contributed by atoms with Gasteiger partial charge in [0.1, 0.15) is 11.5 Å². The Labute approximate surface area is 99.8 Å². The minimum Gasteiger partial charge on any atom is -0.206 e. The first kappa shape index (κ1) is 11.9. The van der Waals surface area contributed by atoms with Crippen LogP contribution < -0.4 is 0 Å². The zero-order chi connectivity index (χ0) is 12.6. The van der Waals surface area contributed by atoms with Crippen LogP contribution in [0.15, 0.2) is 18.2 Å². The van der Waals surface area contributed by atoms with E-state index in [2.05, 4.69) is 10.3 Å². The number of alkyl halides is 2. The highest BCUT2D eigenvalue weighted by molar-refractivity contribution is 6.30. The second-order valence-electron chi connectivity index (χ2n) is 3.37. The van der Waals surface area contributed by atoms with Gasteiger partial charge in [-0.05, 0) is 25.1 Å². The van der Waals surface area contributed by atoms with Gasteiger partial charge in [-0.1, -0.05) is 16.8 Å². The van der Waals surface area contributed by atoms with E-state index < -0.39 is 12.4 Å². The lowest BCUT2D eigenvalue weighted by atomic mass is 10.1. The molecule has 0 radical (unpaired) electrons. The van der Waals surface area contributed by atoms with Crippen molar-refractivity contribution in [2.75, 3.05) is 0 Å². The van der Waals surface area contributed by atoms with E-state index in [0.717, 1.165) is 6.07 Å². The molecule has 7 heteroatoms. The third-order valence-electron chi connectivity index (χ3n) is 2.30. The Morgan fingerprint density at radius 2 is 2.06 bits per heavy atom. The molecule has 3 nitrogen and oxygen atoms in total. The van der Waals surface area contributed by atoms with E-state index in [4.69, 9.17) is 11.6 Å². The molecular formula is C10H7ClF3N3. The quantitative estimate of drug-likeness (QED) is 0.829. The maximum Gasteiger partial charge on any atom is 0.334 e. The normalized spacial score (nSPS) is 11.2. The van der Waals surface area contributed by atoms with Crippen molar-refractivity contribution in [1.29, 1.82) is 0 Å². The van der Waals surface area contributed by atoms with Crippen LogP contribution in [-0.4, -0.2) is 15.0 Å². The third-order valence-corrected chi connectivity index (χ3v) is 2.53. The van der Waals surface area contributed by atoms with Gasteiger partial charge in [-0.3, -0.25) is 0 Å². The van der Waals surface area contributed by atoms with Crippen molar-refractivity contribution in [2.45, 2.75) is 13.5 Å². The van der Waals surface area contributed by atoms with Crippen LogP contribution in [0.25, 0.3) is 11.3 Å². The topological polar surface area (TPSA) is 30.7 Å². The predicted molar refractivity (Wildman–Crippen MR) is 56.4 cm³/mol. The Kier molecular flexibility index (Phi) is 3.06. The molecule has 17 heavy (non-hydrogen) atoms. The summed E-state index contributed by atoms with van der Waals surface area (Å²) in [6.07, 6.45) is 0. The van der Waals surface area contributed by atoms with E-state index in [1.165, 1.54) is 19.1 Å². The smallest absolute Gasteiger partial charge is 0.206 e. The molecule has 0 saturated heterocycles. The fraction of sp³-hybridized carbons (Fsp3) is 0.200. The molecule has 0 saturated carbocycles. The molecule has 1 heterocycles. The second kappa shape index (κ2) is 4.37. The lowest BCUT2D eigenvalue weighted by Gasteiger charge is -2.03. The minimum atomic E-state index is -2.80. The molecule has 0 aliphatic heterocycles. The van der Waals surface area contributed by atoms with E-state index in [0.29, 0.717) is 4.68 Å². The number of benzene rings is 1. The summed E-state index contributed by atoms with van der Waals surface area (Å²) in [7, 11) is 0. The third kappa shape index (κ3) is 2.12. The molecule has 0 N–H and O–H groups in total. The summed E-state index contributed by atoms with van der Waals surface area (Å²) in [5.74, 6) is -0.623. The summed E-state index contributed by atoms with van der Waals surface area (Å²) >= 11 is 5.60. The Hall–Kier alpha value is -1.56. The van der Waals surface area contributed by atoms with Gasteiger partial charge in [-0.2, -0.15) is 13.5 Å². The van der Waals surface area contributed by atoms with Gasteiger partial charge >= 0.3 is 6.55 Å². The summed E-state index contributed by atoms with van der Waals surface area (Å²) in [4.78, 5) is 0. The van der Waals surface area contributed by atoms with Crippen LogP contribution in [0, 0.1) is 12.7 Å². The molecule has 0 fully saturated rings. The van der Waals surface area contributed by atoms with Crippen molar-refractivity contribution in [3.8, 4) is 11.3 Å². The Morgan fingerprint density at radius 1 is 1.35 bits per heavy atom. The molecule has 1 aromatic heterocycles. The molecule has 0 atom stereocenters. The van der Waals surface area contributed by atoms with Crippen LogP contribution in [-0.2, 0) is 0 Å². The molecule has 0 aliphatic rings. The van der Waals surface area contributed by atoms with Crippen molar-refractivity contribution in [1.82, 2.24) is 15.0 Å². The maximum absolute atomic E-state index is 13.6. The average Bonchev–Trinajstić information content (AvgIpc) is 2.60. The van der Waals surface area contributed by atoms with Gasteiger partial charge in [0.05, 0.1) is 5.69 Å². The number of rotatable bonds is 2. The van der Waals surface area contributed by atoms with Gasteiger partial charge in [0, 0.05) is 10.6 Å². The molecular weight excluding hydrogens is 255 g/mol. The molecule has 0 bridgehead atoms. The lowest BCUT2D eigenvalue weighted by molar-refractivity contribution is 0.0525. The van der Waals surface area contributed by atoms with E-state index in [9.17, 15) is 13.2 Å². The van der Waals surface area contributed by atoms with Crippen LogP contribution in [0.3, 0.4) is 0 Å². The van der Waals surface area contributed by atoms with Crippen molar-refractivity contribution < 1.29 is 13.2 Å². The highest BCUT2D eigenvalue weighted by Gasteiger charge is 2.18. The molecule has 0 amide bonds. The summed E-state index contributed by atoms with van der Waals surface area (Å²) in [5.41, 5.74) is 0.277. The van der Waals surface area contributed by atoms with Crippen LogP contribution >= 0.6 is 11.6 Å². The first-order valence-corrected chi connectivity index (χ1v) is 5.04. The number of hydrogen-bond donors (Lipinski definition) is 0. The number of halogens is 4. The molecule has 90 valence electrons. The molecule has 0 aliphatic carbocycles. The fourth-order valence-electron chi connectivity index (χ4n) is 1.46. The summed E-state index contributed by atoms with van der Waals surface area (Å²) < 4.78 is 38.9. The average molecular weight is 262 g/mol. The fourth-order valence-corrected chi connectivity index (χ4v) is 1.62. The predicted octanol–water partition coefficient (Wildman–Crippen LogP) is 3.44. The monoisotopic (exact) mass is 261 g/mol. The van der Waals surface area contributed by atoms with Crippen molar-refractivity contribution in [2.24, 2.45) is 0 Å². The summed E-state index contributed by atoms with van der Waals surface area (Å²) in [6, 6.07) is 3.93. The summed E-state index contributed by atoms with van der Waals surface area (Å²) in [6.45, 7) is -1.40. The van der Waals surface area contributed by atoms with Gasteiger partial charge < -0.3 is 0 Å². The first-order valence-electron chi connectivity index (χ1n) is 4.66. The standard InChI is InChI=1S/C10H7ClF3N3/c1-5-9(15-16-17(5)10(13)14)7-3-2-6(11)4-8(7)12/h2-4,10H,1H3. The van der Waals surface area contributed by atoms with E-state index in [1.807, 2.05) is 0 Å². The molecule has 2 rings (SSSR count). The lowest BCUT2D eigenvalue weighted by Crippen LogP contribution is -2.02. The Bertz CT molecular complexity index is 554. The van der Waals surface area contributed by atoms with Gasteiger partial charge in [0.2, 0.25) is 0 Å². The van der Waals surface area contributed by atoms with Crippen molar-refractivity contribution in [3.05, 3.63) is 34.7 Å². The molecule has 0 spiro atoms. The largest absolute Gasteiger partial charge is 0.334 e. The summed E-state index contributed by atoms with van der Waals surface area (Å²) in [5, 5.41) is 7.05. The Morgan fingerprint density at radius 3 is 2.59 bits per heavy atom. The van der Waals surface area contributed by atoms with Crippen molar-refractivity contribution in [3.63, 3.8) is 0 Å². The molecule has 2 aromatic rings. The van der Waals surface area contributed by atoms with Gasteiger partial charge in [-0.25, -0.2) is 4.39 Å². The molecule has 0 unspecified atom stereocenters. The van der Waals surface area contributed by atoms with Gasteiger partial charge in [0.25, 0.3) is 0 Å². The zero-order valence-electron chi connectivity index (χ0n) is 8.66. The number of hydrogen-bond acceptors (Lipinski definition) is 2. The van der Waals surface area contributed by atoms with E-state index in [1.54, 1.807) is 0 Å². The zero-order valence-corrected chi connectivity index (χ0v) is 9.42. The number of nitrogens with zero attached hydrogens (tertiary/aromatic N) is 3. The minimum absolute atomic E-state index is 0.0828. The van der Waals surface area contributed by atoms with E-state index >= 15 is 0 Å². The van der Waals surface area contributed by atoms with Gasteiger partial charge in [-0.15, -0.1) is 5.10 Å². The van der Waals surface area contributed by atoms with Crippen LogP contribution in [0.1, 0.15) is 12.2 Å². The van der Waals surface area contributed by atoms with Crippen LogP contribution in [0.4, 0.5) is 13.2 Å². The highest BCUT2D eigenvalue weighted by Crippen LogP contribution is 2.27. The Balaban J connectivity index is 2.54. The molecule has 1 aromatic carbocycles. The SMILES string of the molecule is Cc1c(-c2ccc(Cl)cc2F)nnn1C(F)F. The first-order chi connectivity index (χ1) is 8.00. The van der Waals surface area contributed by atoms with Gasteiger partial charge in [0.15, 0.2) is 0 Å². The van der Waals surface area contributed by atoms with E-state index in [-0.39, 0.29) is 22.0 Å². The second-order valence-corrected chi connectivity index (χ2v) is 3.81. The maximum atomic E-state index is 13.6. The van der Waals surface area contributed by atoms with Crippen LogP contribution in [0.2, 0.25) is 5.02 Å². The highest BCUT2D eigenvalue weighted by atomic mass is 35.5. The number of aromatic nitrogens is 3. The van der Waals surface area contributed by atoms with Crippen LogP contribution in [0.5, 0.6) is 0 Å².